The van der Waals surface area contributed by atoms with Gasteiger partial charge >= 0.3 is 5.97 Å². The molecule has 0 spiro atoms. The van der Waals surface area contributed by atoms with Crippen molar-refractivity contribution in [2.45, 2.75) is 0 Å². The van der Waals surface area contributed by atoms with Crippen molar-refractivity contribution >= 4 is 17.7 Å². The summed E-state index contributed by atoms with van der Waals surface area (Å²) in [5.74, 6) is -1.78. The van der Waals surface area contributed by atoms with Gasteiger partial charge in [-0.25, -0.2) is 14.8 Å². The highest BCUT2D eigenvalue weighted by Gasteiger charge is 2.20. The molecule has 0 bridgehead atoms. The second kappa shape index (κ2) is 7.73. The molecule has 29 heavy (non-hydrogen) atoms. The zero-order valence-electron chi connectivity index (χ0n) is 15.0. The monoisotopic (exact) mass is 385 g/mol. The number of rotatable bonds is 5. The van der Waals surface area contributed by atoms with Crippen molar-refractivity contribution in [2.24, 2.45) is 0 Å². The van der Waals surface area contributed by atoms with Gasteiger partial charge in [-0.1, -0.05) is 54.6 Å². The van der Waals surface area contributed by atoms with Crippen molar-refractivity contribution in [1.82, 2.24) is 20.2 Å². The molecule has 0 atom stereocenters. The van der Waals surface area contributed by atoms with Crippen LogP contribution < -0.4 is 5.32 Å². The third-order valence-electron chi connectivity index (χ3n) is 4.24. The summed E-state index contributed by atoms with van der Waals surface area (Å²) in [6.45, 7) is 0. The first-order valence-electron chi connectivity index (χ1n) is 8.69. The smallest absolute Gasteiger partial charge is 0.356 e. The lowest BCUT2D eigenvalue weighted by Crippen LogP contribution is -2.19. The Morgan fingerprint density at radius 3 is 2.14 bits per heavy atom. The third-order valence-corrected chi connectivity index (χ3v) is 4.24. The molecular formula is C21H15N5O3. The van der Waals surface area contributed by atoms with Crippen molar-refractivity contribution in [1.29, 1.82) is 0 Å². The van der Waals surface area contributed by atoms with E-state index in [1.165, 1.54) is 12.4 Å². The summed E-state index contributed by atoms with van der Waals surface area (Å²) in [5, 5.41) is 18.6. The van der Waals surface area contributed by atoms with Crippen molar-refractivity contribution in [2.75, 3.05) is 5.32 Å². The minimum absolute atomic E-state index is 0.249. The molecule has 0 saturated heterocycles. The van der Waals surface area contributed by atoms with E-state index in [1.807, 2.05) is 54.6 Å². The van der Waals surface area contributed by atoms with E-state index >= 15 is 0 Å². The van der Waals surface area contributed by atoms with E-state index in [2.05, 4.69) is 25.5 Å². The summed E-state index contributed by atoms with van der Waals surface area (Å²) in [4.78, 5) is 31.0. The molecule has 2 heterocycles. The average molecular weight is 385 g/mol. The Bertz CT molecular complexity index is 1170. The van der Waals surface area contributed by atoms with Crippen LogP contribution in [0.25, 0.3) is 22.4 Å². The first-order chi connectivity index (χ1) is 14.1. The molecule has 0 aliphatic rings. The van der Waals surface area contributed by atoms with E-state index in [1.54, 1.807) is 6.07 Å². The van der Waals surface area contributed by atoms with Crippen LogP contribution in [-0.2, 0) is 0 Å². The molecule has 0 unspecified atom stereocenters. The number of carbonyl (C=O) groups excluding carboxylic acids is 1. The molecule has 8 nitrogen and oxygen atoms in total. The number of carboxylic acids is 1. The summed E-state index contributed by atoms with van der Waals surface area (Å²) in [7, 11) is 0. The molecule has 0 aliphatic carbocycles. The molecule has 3 N–H and O–H groups in total. The van der Waals surface area contributed by atoms with Gasteiger partial charge in [0.2, 0.25) is 0 Å². The molecule has 142 valence electrons. The second-order valence-corrected chi connectivity index (χ2v) is 6.12. The highest BCUT2D eigenvalue weighted by Crippen LogP contribution is 2.25. The standard InChI is InChI=1S/C21H15N5O3/c27-20(18-19(21(28)29)23-11-10-22-18)24-17-12-16(25-26-17)15-8-6-14(7-9-15)13-4-2-1-3-5-13/h1-12H,(H,28,29)(H2,24,25,26,27). The van der Waals surface area contributed by atoms with E-state index in [9.17, 15) is 9.59 Å². The highest BCUT2D eigenvalue weighted by molar-refractivity contribution is 6.08. The Balaban J connectivity index is 1.52. The van der Waals surface area contributed by atoms with Gasteiger partial charge in [0.15, 0.2) is 17.2 Å². The largest absolute Gasteiger partial charge is 0.476 e. The van der Waals surface area contributed by atoms with Crippen LogP contribution in [0.5, 0.6) is 0 Å². The number of carbonyl (C=O) groups is 2. The van der Waals surface area contributed by atoms with Crippen LogP contribution in [0.3, 0.4) is 0 Å². The van der Waals surface area contributed by atoms with Crippen LogP contribution in [0.15, 0.2) is 73.1 Å². The Hall–Kier alpha value is -4.33. The molecule has 4 rings (SSSR count). The Morgan fingerprint density at radius 1 is 0.828 bits per heavy atom. The molecule has 1 amide bonds. The van der Waals surface area contributed by atoms with E-state index in [-0.39, 0.29) is 11.5 Å². The van der Waals surface area contributed by atoms with Crippen LogP contribution in [0, 0.1) is 0 Å². The van der Waals surface area contributed by atoms with Gasteiger partial charge in [-0.2, -0.15) is 5.10 Å². The van der Waals surface area contributed by atoms with Crippen molar-refractivity contribution in [3.63, 3.8) is 0 Å². The van der Waals surface area contributed by atoms with Crippen molar-refractivity contribution < 1.29 is 14.7 Å². The maximum Gasteiger partial charge on any atom is 0.356 e. The van der Waals surface area contributed by atoms with Gasteiger partial charge in [0.25, 0.3) is 5.91 Å². The van der Waals surface area contributed by atoms with Crippen LogP contribution in [0.4, 0.5) is 5.82 Å². The van der Waals surface area contributed by atoms with E-state index in [0.717, 1.165) is 16.7 Å². The number of aromatic amines is 1. The molecule has 2 aromatic heterocycles. The summed E-state index contributed by atoms with van der Waals surface area (Å²) >= 11 is 0. The van der Waals surface area contributed by atoms with E-state index < -0.39 is 17.6 Å². The van der Waals surface area contributed by atoms with Crippen LogP contribution in [0.1, 0.15) is 21.0 Å². The molecule has 0 saturated carbocycles. The highest BCUT2D eigenvalue weighted by atomic mass is 16.4. The number of benzene rings is 2. The number of nitrogens with zero attached hydrogens (tertiary/aromatic N) is 3. The summed E-state index contributed by atoms with van der Waals surface area (Å²) < 4.78 is 0. The maximum absolute atomic E-state index is 12.4. The van der Waals surface area contributed by atoms with Gasteiger partial charge < -0.3 is 10.4 Å². The summed E-state index contributed by atoms with van der Waals surface area (Å²) in [6.07, 6.45) is 2.47. The average Bonchev–Trinajstić information content (AvgIpc) is 3.23. The number of aromatic carboxylic acids is 1. The van der Waals surface area contributed by atoms with Gasteiger partial charge in [-0.3, -0.25) is 9.89 Å². The molecule has 4 aromatic rings. The summed E-state index contributed by atoms with van der Waals surface area (Å²) in [6, 6.07) is 19.6. The Labute approximate surface area is 165 Å². The predicted molar refractivity (Wildman–Crippen MR) is 106 cm³/mol. The summed E-state index contributed by atoms with van der Waals surface area (Å²) in [5.41, 5.74) is 3.11. The molecule has 0 fully saturated rings. The van der Waals surface area contributed by atoms with Crippen LogP contribution in [-0.4, -0.2) is 37.1 Å². The SMILES string of the molecule is O=C(O)c1nccnc1C(=O)Nc1cc(-c2ccc(-c3ccccc3)cc2)[nH]n1. The van der Waals surface area contributed by atoms with Crippen LogP contribution >= 0.6 is 0 Å². The lowest BCUT2D eigenvalue weighted by molar-refractivity contribution is 0.0685. The number of carboxylic acid groups (broad SMARTS) is 1. The predicted octanol–water partition coefficient (Wildman–Crippen LogP) is 3.48. The number of nitrogens with one attached hydrogen (secondary N) is 2. The first-order valence-corrected chi connectivity index (χ1v) is 8.69. The maximum atomic E-state index is 12.4. The van der Waals surface area contributed by atoms with Crippen molar-refractivity contribution in [3.8, 4) is 22.4 Å². The quantitative estimate of drug-likeness (QED) is 0.484. The molecule has 8 heteroatoms. The zero-order valence-corrected chi connectivity index (χ0v) is 15.0. The van der Waals surface area contributed by atoms with Crippen LogP contribution in [0.2, 0.25) is 0 Å². The Kier molecular flexibility index (Phi) is 4.81. The minimum atomic E-state index is -1.33. The minimum Gasteiger partial charge on any atom is -0.476 e. The van der Waals surface area contributed by atoms with Gasteiger partial charge in [-0.05, 0) is 16.7 Å². The number of hydrogen-bond acceptors (Lipinski definition) is 5. The van der Waals surface area contributed by atoms with E-state index in [0.29, 0.717) is 5.69 Å². The van der Waals surface area contributed by atoms with Gasteiger partial charge in [0.1, 0.15) is 0 Å². The third kappa shape index (κ3) is 3.86. The van der Waals surface area contributed by atoms with E-state index in [4.69, 9.17) is 5.11 Å². The normalized spacial score (nSPS) is 10.5. The molecule has 2 aromatic carbocycles. The van der Waals surface area contributed by atoms with Gasteiger partial charge in [0, 0.05) is 18.5 Å². The number of hydrogen-bond donors (Lipinski definition) is 3. The second-order valence-electron chi connectivity index (χ2n) is 6.12. The molecular weight excluding hydrogens is 370 g/mol. The lowest BCUT2D eigenvalue weighted by atomic mass is 10.0. The molecule has 0 radical (unpaired) electrons. The number of H-pyrrole nitrogens is 1. The lowest BCUT2D eigenvalue weighted by Gasteiger charge is -2.03. The first kappa shape index (κ1) is 18.1. The van der Waals surface area contributed by atoms with Gasteiger partial charge in [-0.15, -0.1) is 0 Å². The Morgan fingerprint density at radius 2 is 1.45 bits per heavy atom. The van der Waals surface area contributed by atoms with Crippen molar-refractivity contribution in [3.05, 3.63) is 84.4 Å². The number of amides is 1. The number of anilines is 1. The molecule has 0 aliphatic heterocycles. The number of aromatic nitrogens is 4. The fourth-order valence-corrected chi connectivity index (χ4v) is 2.84. The zero-order chi connectivity index (χ0) is 20.2. The fourth-order valence-electron chi connectivity index (χ4n) is 2.84. The topological polar surface area (TPSA) is 121 Å². The van der Waals surface area contributed by atoms with Gasteiger partial charge in [0.05, 0.1) is 5.69 Å². The fraction of sp³-hybridized carbons (Fsp3) is 0.